The quantitative estimate of drug-likeness (QED) is 0.895. The zero-order valence-electron chi connectivity index (χ0n) is 12.4. The second kappa shape index (κ2) is 6.27. The predicted octanol–water partition coefficient (Wildman–Crippen LogP) is 4.21. The molecule has 106 valence electrons. The normalized spacial score (nSPS) is 25.4. The van der Waals surface area contributed by atoms with Crippen LogP contribution in [0.25, 0.3) is 0 Å². The summed E-state index contributed by atoms with van der Waals surface area (Å²) in [5.41, 5.74) is 2.67. The molecule has 3 unspecified atom stereocenters. The smallest absolute Gasteiger partial charge is 0.0511 e. The third-order valence-electron chi connectivity index (χ3n) is 4.11. The van der Waals surface area contributed by atoms with Crippen LogP contribution in [0.5, 0.6) is 0 Å². The minimum absolute atomic E-state index is 0.393. The highest BCUT2D eigenvalue weighted by Crippen LogP contribution is 2.33. The van der Waals surface area contributed by atoms with Crippen molar-refractivity contribution >= 4 is 21.6 Å². The first-order chi connectivity index (χ1) is 9.01. The highest BCUT2D eigenvalue weighted by atomic mass is 79.9. The summed E-state index contributed by atoms with van der Waals surface area (Å²) >= 11 is 3.75. The molecule has 1 aromatic carbocycles. The van der Waals surface area contributed by atoms with Crippen molar-refractivity contribution in [2.75, 3.05) is 25.0 Å². The van der Waals surface area contributed by atoms with Crippen LogP contribution >= 0.6 is 15.9 Å². The highest BCUT2D eigenvalue weighted by molar-refractivity contribution is 9.10. The summed E-state index contributed by atoms with van der Waals surface area (Å²) in [4.78, 5) is 2.52. The van der Waals surface area contributed by atoms with Crippen molar-refractivity contribution in [1.82, 2.24) is 5.32 Å². The van der Waals surface area contributed by atoms with E-state index in [1.54, 1.807) is 0 Å². The van der Waals surface area contributed by atoms with Gasteiger partial charge >= 0.3 is 0 Å². The van der Waals surface area contributed by atoms with Crippen molar-refractivity contribution in [3.8, 4) is 0 Å². The van der Waals surface area contributed by atoms with Gasteiger partial charge in [0.15, 0.2) is 0 Å². The summed E-state index contributed by atoms with van der Waals surface area (Å²) in [6, 6.07) is 7.15. The number of rotatable bonds is 3. The molecule has 0 amide bonds. The van der Waals surface area contributed by atoms with Crippen LogP contribution in [-0.2, 0) is 0 Å². The van der Waals surface area contributed by atoms with Gasteiger partial charge < -0.3 is 10.2 Å². The van der Waals surface area contributed by atoms with Gasteiger partial charge in [0.25, 0.3) is 0 Å². The summed E-state index contributed by atoms with van der Waals surface area (Å²) in [6.07, 6.45) is 1.35. The molecule has 0 radical (unpaired) electrons. The van der Waals surface area contributed by atoms with E-state index in [1.807, 2.05) is 7.05 Å². The SMILES string of the molecule is CNC(C)c1ccc(N2CC(C)CC(C)C2)c(Br)c1. The zero-order chi connectivity index (χ0) is 14.0. The van der Waals surface area contributed by atoms with E-state index in [2.05, 4.69) is 65.1 Å². The molecule has 0 spiro atoms. The van der Waals surface area contributed by atoms with E-state index in [0.717, 1.165) is 11.8 Å². The maximum Gasteiger partial charge on any atom is 0.0511 e. The van der Waals surface area contributed by atoms with Gasteiger partial charge in [0.2, 0.25) is 0 Å². The number of piperidine rings is 1. The van der Waals surface area contributed by atoms with Crippen molar-refractivity contribution in [1.29, 1.82) is 0 Å². The Morgan fingerprint density at radius 3 is 2.42 bits per heavy atom. The molecule has 1 fully saturated rings. The number of hydrogen-bond donors (Lipinski definition) is 1. The second-order valence-corrected chi connectivity index (χ2v) is 6.93. The van der Waals surface area contributed by atoms with Crippen molar-refractivity contribution < 1.29 is 0 Å². The molecule has 1 saturated heterocycles. The van der Waals surface area contributed by atoms with Crippen LogP contribution in [-0.4, -0.2) is 20.1 Å². The molecule has 3 heteroatoms. The number of benzene rings is 1. The Labute approximate surface area is 125 Å². The number of halogens is 1. The fraction of sp³-hybridized carbons (Fsp3) is 0.625. The zero-order valence-corrected chi connectivity index (χ0v) is 14.0. The van der Waals surface area contributed by atoms with Crippen LogP contribution in [0.2, 0.25) is 0 Å². The summed E-state index contributed by atoms with van der Waals surface area (Å²) < 4.78 is 1.22. The van der Waals surface area contributed by atoms with E-state index in [4.69, 9.17) is 0 Å². The summed E-state index contributed by atoms with van der Waals surface area (Å²) in [7, 11) is 2.00. The van der Waals surface area contributed by atoms with Crippen molar-refractivity contribution in [2.24, 2.45) is 11.8 Å². The van der Waals surface area contributed by atoms with Gasteiger partial charge in [-0.1, -0.05) is 19.9 Å². The first-order valence-electron chi connectivity index (χ1n) is 7.23. The number of anilines is 1. The molecule has 0 aromatic heterocycles. The number of nitrogens with zero attached hydrogens (tertiary/aromatic N) is 1. The van der Waals surface area contributed by atoms with E-state index in [-0.39, 0.29) is 0 Å². The van der Waals surface area contributed by atoms with Crippen LogP contribution in [0.4, 0.5) is 5.69 Å². The van der Waals surface area contributed by atoms with Gasteiger partial charge in [-0.25, -0.2) is 0 Å². The van der Waals surface area contributed by atoms with Crippen LogP contribution < -0.4 is 10.2 Å². The molecular weight excluding hydrogens is 300 g/mol. The van der Waals surface area contributed by atoms with Crippen LogP contribution in [0.3, 0.4) is 0 Å². The van der Waals surface area contributed by atoms with Crippen LogP contribution in [0.15, 0.2) is 22.7 Å². The largest absolute Gasteiger partial charge is 0.370 e. The first kappa shape index (κ1) is 14.9. The van der Waals surface area contributed by atoms with Crippen LogP contribution in [0, 0.1) is 11.8 Å². The molecule has 1 heterocycles. The number of nitrogens with one attached hydrogen (secondary N) is 1. The molecule has 3 atom stereocenters. The van der Waals surface area contributed by atoms with E-state index >= 15 is 0 Å². The molecule has 1 aliphatic rings. The van der Waals surface area contributed by atoms with E-state index in [9.17, 15) is 0 Å². The molecule has 1 aliphatic heterocycles. The topological polar surface area (TPSA) is 15.3 Å². The predicted molar refractivity (Wildman–Crippen MR) is 86.8 cm³/mol. The highest BCUT2D eigenvalue weighted by Gasteiger charge is 2.23. The third-order valence-corrected chi connectivity index (χ3v) is 4.75. The molecule has 1 aromatic rings. The lowest BCUT2D eigenvalue weighted by Gasteiger charge is -2.37. The van der Waals surface area contributed by atoms with E-state index in [1.165, 1.54) is 35.2 Å². The average molecular weight is 325 g/mol. The van der Waals surface area contributed by atoms with Crippen molar-refractivity contribution in [2.45, 2.75) is 33.2 Å². The molecule has 1 N–H and O–H groups in total. The minimum atomic E-state index is 0.393. The molecule has 0 aliphatic carbocycles. The Kier molecular flexibility index (Phi) is 4.91. The lowest BCUT2D eigenvalue weighted by atomic mass is 9.91. The maximum atomic E-state index is 3.75. The van der Waals surface area contributed by atoms with Crippen molar-refractivity contribution in [3.63, 3.8) is 0 Å². The van der Waals surface area contributed by atoms with Gasteiger partial charge in [0.1, 0.15) is 0 Å². The molecule has 0 saturated carbocycles. The Morgan fingerprint density at radius 1 is 1.26 bits per heavy atom. The lowest BCUT2D eigenvalue weighted by molar-refractivity contribution is 0.356. The van der Waals surface area contributed by atoms with Gasteiger partial charge in [-0.05, 0) is 65.9 Å². The fourth-order valence-corrected chi connectivity index (χ4v) is 3.72. The maximum absolute atomic E-state index is 3.75. The Hall–Kier alpha value is -0.540. The lowest BCUT2D eigenvalue weighted by Crippen LogP contribution is -2.38. The van der Waals surface area contributed by atoms with Gasteiger partial charge in [0.05, 0.1) is 5.69 Å². The van der Waals surface area contributed by atoms with E-state index < -0.39 is 0 Å². The summed E-state index contributed by atoms with van der Waals surface area (Å²) in [5.74, 6) is 1.57. The molecule has 2 rings (SSSR count). The Morgan fingerprint density at radius 2 is 1.89 bits per heavy atom. The van der Waals surface area contributed by atoms with Gasteiger partial charge in [-0.2, -0.15) is 0 Å². The summed E-state index contributed by atoms with van der Waals surface area (Å²) in [6.45, 7) is 9.24. The van der Waals surface area contributed by atoms with Crippen LogP contribution in [0.1, 0.15) is 38.8 Å². The summed E-state index contributed by atoms with van der Waals surface area (Å²) in [5, 5.41) is 3.29. The fourth-order valence-electron chi connectivity index (χ4n) is 3.08. The number of hydrogen-bond acceptors (Lipinski definition) is 2. The third kappa shape index (κ3) is 3.51. The van der Waals surface area contributed by atoms with Crippen molar-refractivity contribution in [3.05, 3.63) is 28.2 Å². The average Bonchev–Trinajstić information content (AvgIpc) is 2.36. The van der Waals surface area contributed by atoms with Gasteiger partial charge in [-0.3, -0.25) is 0 Å². The first-order valence-corrected chi connectivity index (χ1v) is 8.02. The minimum Gasteiger partial charge on any atom is -0.370 e. The molecular formula is C16H25BrN2. The molecule has 0 bridgehead atoms. The molecule has 2 nitrogen and oxygen atoms in total. The molecule has 19 heavy (non-hydrogen) atoms. The Bertz CT molecular complexity index is 423. The Balaban J connectivity index is 2.21. The standard InChI is InChI=1S/C16H25BrN2/c1-11-7-12(2)10-19(9-11)16-6-5-14(8-15(16)17)13(3)18-4/h5-6,8,11-13,18H,7,9-10H2,1-4H3. The van der Waals surface area contributed by atoms with E-state index in [0.29, 0.717) is 6.04 Å². The van der Waals surface area contributed by atoms with Gasteiger partial charge in [0, 0.05) is 23.6 Å². The monoisotopic (exact) mass is 324 g/mol. The van der Waals surface area contributed by atoms with Gasteiger partial charge in [-0.15, -0.1) is 0 Å². The second-order valence-electron chi connectivity index (χ2n) is 6.07.